The number of aryl methyl sites for hydroxylation is 1. The number of amides is 1. The summed E-state index contributed by atoms with van der Waals surface area (Å²) in [5.74, 6) is 1.28. The summed E-state index contributed by atoms with van der Waals surface area (Å²) in [6, 6.07) is 12.6. The van der Waals surface area contributed by atoms with Gasteiger partial charge in [0, 0.05) is 25.7 Å². The molecule has 1 atom stereocenters. The first-order valence-electron chi connectivity index (χ1n) is 10.9. The topological polar surface area (TPSA) is 50.2 Å². The predicted molar refractivity (Wildman–Crippen MR) is 118 cm³/mol. The van der Waals surface area contributed by atoms with Gasteiger partial charge in [-0.3, -0.25) is 9.69 Å². The molecule has 0 radical (unpaired) electrons. The molecule has 0 aliphatic carbocycles. The van der Waals surface area contributed by atoms with Crippen LogP contribution in [0, 0.1) is 5.92 Å². The van der Waals surface area contributed by atoms with Crippen molar-refractivity contribution in [3.63, 3.8) is 0 Å². The van der Waals surface area contributed by atoms with E-state index in [1.807, 2.05) is 25.2 Å². The second kappa shape index (κ2) is 9.32. The van der Waals surface area contributed by atoms with Gasteiger partial charge in [-0.15, -0.1) is 0 Å². The molecule has 5 nitrogen and oxygen atoms in total. The highest BCUT2D eigenvalue weighted by Crippen LogP contribution is 2.30. The molecule has 32 heavy (non-hydrogen) atoms. The third kappa shape index (κ3) is 5.30. The molecule has 1 unspecified atom stereocenters. The number of rotatable bonds is 6. The van der Waals surface area contributed by atoms with E-state index in [0.717, 1.165) is 67.9 Å². The minimum atomic E-state index is -4.38. The Morgan fingerprint density at radius 3 is 2.62 bits per heavy atom. The molecule has 1 N–H and O–H groups in total. The molecule has 2 heterocycles. The number of aromatic nitrogens is 2. The Balaban J connectivity index is 1.27. The van der Waals surface area contributed by atoms with E-state index >= 15 is 0 Å². The van der Waals surface area contributed by atoms with E-state index in [-0.39, 0.29) is 5.91 Å². The van der Waals surface area contributed by atoms with Gasteiger partial charge in [0.15, 0.2) is 0 Å². The van der Waals surface area contributed by atoms with Gasteiger partial charge in [-0.05, 0) is 68.1 Å². The minimum absolute atomic E-state index is 0.169. The summed E-state index contributed by atoms with van der Waals surface area (Å²) in [4.78, 5) is 19.4. The summed E-state index contributed by atoms with van der Waals surface area (Å²) in [5, 5.41) is 2.70. The number of imidazole rings is 1. The smallest absolute Gasteiger partial charge is 0.330 e. The molecule has 0 saturated carbocycles. The zero-order chi connectivity index (χ0) is 22.7. The van der Waals surface area contributed by atoms with Gasteiger partial charge < -0.3 is 9.88 Å². The molecular formula is C24H27F3N4O. The number of nitrogens with one attached hydrogen (secondary N) is 1. The van der Waals surface area contributed by atoms with Crippen molar-refractivity contribution in [1.82, 2.24) is 14.5 Å². The second-order valence-corrected chi connectivity index (χ2v) is 8.48. The van der Waals surface area contributed by atoms with Gasteiger partial charge >= 0.3 is 6.18 Å². The highest BCUT2D eigenvalue weighted by atomic mass is 19.4. The standard InChI is InChI=1S/C24H27F3N4O/c1-30-21-7-3-2-6-20(21)29-22(30)16-31-14-4-5-17(15-31)8-13-23(32)28-19-11-9-18(10-12-19)24(25,26)27/h2-3,6-7,9-12,17H,4-5,8,13-16H2,1H3,(H,28,32). The van der Waals surface area contributed by atoms with Crippen LogP contribution in [-0.4, -0.2) is 33.4 Å². The number of nitrogens with zero attached hydrogens (tertiary/aromatic N) is 3. The fourth-order valence-electron chi connectivity index (χ4n) is 4.37. The SMILES string of the molecule is Cn1c(CN2CCCC(CCC(=O)Nc3ccc(C(F)(F)F)cc3)C2)nc2ccccc21. The van der Waals surface area contributed by atoms with Crippen LogP contribution in [0.25, 0.3) is 11.0 Å². The van der Waals surface area contributed by atoms with Crippen LogP contribution in [0.5, 0.6) is 0 Å². The molecular weight excluding hydrogens is 417 g/mol. The molecule has 4 rings (SSSR count). The Bertz CT molecular complexity index is 1080. The number of anilines is 1. The van der Waals surface area contributed by atoms with E-state index in [4.69, 9.17) is 4.98 Å². The number of halogens is 3. The summed E-state index contributed by atoms with van der Waals surface area (Å²) in [5.41, 5.74) is 1.78. The van der Waals surface area contributed by atoms with Crippen LogP contribution in [0.4, 0.5) is 18.9 Å². The molecule has 3 aromatic rings. The first kappa shape index (κ1) is 22.3. The number of hydrogen-bond acceptors (Lipinski definition) is 3. The Hall–Kier alpha value is -2.87. The van der Waals surface area contributed by atoms with Crippen molar-refractivity contribution in [3.8, 4) is 0 Å². The highest BCUT2D eigenvalue weighted by molar-refractivity contribution is 5.90. The summed E-state index contributed by atoms with van der Waals surface area (Å²) in [6.45, 7) is 2.70. The van der Waals surface area contributed by atoms with Crippen molar-refractivity contribution < 1.29 is 18.0 Å². The Morgan fingerprint density at radius 2 is 1.91 bits per heavy atom. The van der Waals surface area contributed by atoms with Crippen LogP contribution in [-0.2, 0) is 24.6 Å². The van der Waals surface area contributed by atoms with Gasteiger partial charge in [0.05, 0.1) is 23.1 Å². The van der Waals surface area contributed by atoms with E-state index < -0.39 is 11.7 Å². The van der Waals surface area contributed by atoms with Crippen molar-refractivity contribution in [2.75, 3.05) is 18.4 Å². The zero-order valence-electron chi connectivity index (χ0n) is 18.0. The normalized spacial score (nSPS) is 17.6. The average molecular weight is 445 g/mol. The molecule has 8 heteroatoms. The third-order valence-corrected chi connectivity index (χ3v) is 6.12. The lowest BCUT2D eigenvalue weighted by Gasteiger charge is -2.32. The van der Waals surface area contributed by atoms with Gasteiger partial charge in [0.25, 0.3) is 0 Å². The van der Waals surface area contributed by atoms with Crippen molar-refractivity contribution in [1.29, 1.82) is 0 Å². The molecule has 1 aromatic heterocycles. The molecule has 1 aliphatic rings. The number of carbonyl (C=O) groups excluding carboxylic acids is 1. The molecule has 0 spiro atoms. The number of fused-ring (bicyclic) bond motifs is 1. The van der Waals surface area contributed by atoms with E-state index in [1.165, 1.54) is 12.1 Å². The van der Waals surface area contributed by atoms with Crippen molar-refractivity contribution >= 4 is 22.6 Å². The maximum atomic E-state index is 12.7. The van der Waals surface area contributed by atoms with Gasteiger partial charge in [0.2, 0.25) is 5.91 Å². The quantitative estimate of drug-likeness (QED) is 0.567. The Labute approximate surface area is 185 Å². The summed E-state index contributed by atoms with van der Waals surface area (Å²) in [7, 11) is 2.04. The average Bonchev–Trinajstić information content (AvgIpc) is 3.08. The number of benzene rings is 2. The first-order valence-corrected chi connectivity index (χ1v) is 10.9. The fourth-order valence-corrected chi connectivity index (χ4v) is 4.37. The highest BCUT2D eigenvalue weighted by Gasteiger charge is 2.30. The molecule has 1 aliphatic heterocycles. The van der Waals surface area contributed by atoms with Crippen molar-refractivity contribution in [3.05, 3.63) is 59.9 Å². The molecule has 2 aromatic carbocycles. The lowest BCUT2D eigenvalue weighted by molar-refractivity contribution is -0.137. The maximum absolute atomic E-state index is 12.7. The van der Waals surface area contributed by atoms with E-state index in [0.29, 0.717) is 18.0 Å². The largest absolute Gasteiger partial charge is 0.416 e. The lowest BCUT2D eigenvalue weighted by Crippen LogP contribution is -2.36. The van der Waals surface area contributed by atoms with Crippen molar-refractivity contribution in [2.45, 2.75) is 38.4 Å². The molecule has 1 fully saturated rings. The van der Waals surface area contributed by atoms with Gasteiger partial charge in [-0.2, -0.15) is 13.2 Å². The van der Waals surface area contributed by atoms with Crippen LogP contribution in [0.2, 0.25) is 0 Å². The predicted octanol–water partition coefficient (Wildman–Crippen LogP) is 5.22. The summed E-state index contributed by atoms with van der Waals surface area (Å²) in [6.07, 6.45) is -1.11. The Morgan fingerprint density at radius 1 is 1.16 bits per heavy atom. The first-order chi connectivity index (χ1) is 15.3. The zero-order valence-corrected chi connectivity index (χ0v) is 18.0. The number of hydrogen-bond donors (Lipinski definition) is 1. The van der Waals surface area contributed by atoms with Crippen LogP contribution in [0.3, 0.4) is 0 Å². The van der Waals surface area contributed by atoms with E-state index in [1.54, 1.807) is 0 Å². The monoisotopic (exact) mass is 444 g/mol. The maximum Gasteiger partial charge on any atom is 0.416 e. The van der Waals surface area contributed by atoms with E-state index in [2.05, 4.69) is 20.9 Å². The minimum Gasteiger partial charge on any atom is -0.330 e. The number of carbonyl (C=O) groups is 1. The fraction of sp³-hybridized carbons (Fsp3) is 0.417. The molecule has 1 saturated heterocycles. The van der Waals surface area contributed by atoms with Gasteiger partial charge in [-0.1, -0.05) is 12.1 Å². The van der Waals surface area contributed by atoms with Gasteiger partial charge in [-0.25, -0.2) is 4.98 Å². The second-order valence-electron chi connectivity index (χ2n) is 8.48. The molecule has 170 valence electrons. The van der Waals surface area contributed by atoms with Crippen molar-refractivity contribution in [2.24, 2.45) is 13.0 Å². The van der Waals surface area contributed by atoms with Crippen LogP contribution in [0.1, 0.15) is 37.1 Å². The molecule has 0 bridgehead atoms. The lowest BCUT2D eigenvalue weighted by atomic mass is 9.93. The number of likely N-dealkylation sites (tertiary alicyclic amines) is 1. The third-order valence-electron chi connectivity index (χ3n) is 6.12. The summed E-state index contributed by atoms with van der Waals surface area (Å²) >= 11 is 0. The molecule has 1 amide bonds. The summed E-state index contributed by atoms with van der Waals surface area (Å²) < 4.78 is 40.1. The number of alkyl halides is 3. The van der Waals surface area contributed by atoms with Gasteiger partial charge in [0.1, 0.15) is 5.82 Å². The Kier molecular flexibility index (Phi) is 6.50. The van der Waals surface area contributed by atoms with Crippen LogP contribution in [0.15, 0.2) is 48.5 Å². The number of para-hydroxylation sites is 2. The van der Waals surface area contributed by atoms with Crippen LogP contribution < -0.4 is 5.32 Å². The van der Waals surface area contributed by atoms with E-state index in [9.17, 15) is 18.0 Å². The number of piperidine rings is 1. The van der Waals surface area contributed by atoms with Crippen LogP contribution >= 0.6 is 0 Å².